The molecular formula is C18H32N2O4. The minimum absolute atomic E-state index is 0.833. The highest BCUT2D eigenvalue weighted by Crippen LogP contribution is 2.27. The summed E-state index contributed by atoms with van der Waals surface area (Å²) in [4.78, 5) is 18.0. The maximum atomic E-state index is 9.00. The van der Waals surface area contributed by atoms with Gasteiger partial charge in [-0.25, -0.2) is 0 Å². The Bertz CT molecular complexity index is 385. The van der Waals surface area contributed by atoms with E-state index in [0.717, 1.165) is 40.0 Å². The van der Waals surface area contributed by atoms with E-state index in [1.54, 1.807) is 0 Å². The first-order valence-corrected chi connectivity index (χ1v) is 8.21. The summed E-state index contributed by atoms with van der Waals surface area (Å²) in [5.41, 5.74) is 2.94. The molecule has 6 heteroatoms. The molecule has 6 nitrogen and oxygen atoms in total. The van der Waals surface area contributed by atoms with Crippen molar-refractivity contribution in [2.75, 3.05) is 26.2 Å². The lowest BCUT2D eigenvalue weighted by atomic mass is 10.3. The van der Waals surface area contributed by atoms with E-state index in [4.69, 9.17) is 19.8 Å². The number of allylic oxidation sites excluding steroid dienone is 6. The average Bonchev–Trinajstić information content (AvgIpc) is 3.14. The highest BCUT2D eigenvalue weighted by atomic mass is 16.4. The predicted octanol–water partition coefficient (Wildman–Crippen LogP) is 2.59. The van der Waals surface area contributed by atoms with Gasteiger partial charge in [0.25, 0.3) is 11.9 Å². The Kier molecular flexibility index (Phi) is 17.7. The molecule has 0 aromatic carbocycles. The number of carboxylic acids is 2. The molecule has 4 N–H and O–H groups in total. The Hall–Kier alpha value is -1.92. The van der Waals surface area contributed by atoms with Crippen LogP contribution >= 0.6 is 0 Å². The first-order chi connectivity index (χ1) is 11.3. The van der Waals surface area contributed by atoms with Crippen molar-refractivity contribution in [3.63, 3.8) is 0 Å². The third kappa shape index (κ3) is 22.4. The highest BCUT2D eigenvalue weighted by molar-refractivity contribution is 5.63. The summed E-state index contributed by atoms with van der Waals surface area (Å²) in [6.45, 7) is 11.0. The van der Waals surface area contributed by atoms with Gasteiger partial charge in [0.05, 0.1) is 0 Å². The first kappa shape index (κ1) is 24.3. The number of aliphatic carboxylic acids is 2. The molecule has 1 saturated heterocycles. The van der Waals surface area contributed by atoms with Gasteiger partial charge in [-0.1, -0.05) is 44.6 Å². The largest absolute Gasteiger partial charge is 0.481 e. The van der Waals surface area contributed by atoms with Crippen LogP contribution in [0.5, 0.6) is 0 Å². The number of carboxylic acid groups (broad SMARTS) is 2. The molecule has 0 radical (unpaired) electrons. The molecule has 1 heterocycles. The van der Waals surface area contributed by atoms with Crippen LogP contribution in [0.15, 0.2) is 35.5 Å². The molecule has 0 amide bonds. The molecule has 0 spiro atoms. The van der Waals surface area contributed by atoms with Crippen molar-refractivity contribution in [3.05, 3.63) is 35.5 Å². The lowest BCUT2D eigenvalue weighted by molar-refractivity contribution is -0.135. The summed E-state index contributed by atoms with van der Waals surface area (Å²) >= 11 is 0. The minimum atomic E-state index is -0.833. The Balaban J connectivity index is 0. The van der Waals surface area contributed by atoms with E-state index in [2.05, 4.69) is 48.8 Å². The first-order valence-electron chi connectivity index (χ1n) is 8.21. The van der Waals surface area contributed by atoms with Crippen molar-refractivity contribution in [3.8, 4) is 0 Å². The lowest BCUT2D eigenvalue weighted by Crippen LogP contribution is -2.39. The zero-order valence-corrected chi connectivity index (χ0v) is 15.3. The molecule has 24 heavy (non-hydrogen) atoms. The van der Waals surface area contributed by atoms with Gasteiger partial charge in [-0.05, 0) is 17.6 Å². The van der Waals surface area contributed by atoms with Crippen LogP contribution < -0.4 is 10.6 Å². The summed E-state index contributed by atoms with van der Waals surface area (Å²) in [7, 11) is 0. The maximum absolute atomic E-state index is 9.00. The third-order valence-electron chi connectivity index (χ3n) is 2.39. The summed E-state index contributed by atoms with van der Waals surface area (Å²) in [6, 6.07) is 0. The van der Waals surface area contributed by atoms with Crippen LogP contribution in [0, 0.1) is 0 Å². The van der Waals surface area contributed by atoms with E-state index in [1.165, 1.54) is 24.0 Å². The Morgan fingerprint density at radius 1 is 0.875 bits per heavy atom. The van der Waals surface area contributed by atoms with Crippen molar-refractivity contribution in [2.45, 2.75) is 40.5 Å². The Morgan fingerprint density at radius 3 is 1.21 bits per heavy atom. The molecular weight excluding hydrogens is 308 g/mol. The third-order valence-corrected chi connectivity index (χ3v) is 2.39. The topological polar surface area (TPSA) is 98.7 Å². The molecule has 0 saturated carbocycles. The number of rotatable bonds is 0. The van der Waals surface area contributed by atoms with Gasteiger partial charge in [-0.2, -0.15) is 0 Å². The van der Waals surface area contributed by atoms with Gasteiger partial charge in [0.1, 0.15) is 0 Å². The van der Waals surface area contributed by atoms with E-state index >= 15 is 0 Å². The number of carbonyl (C=O) groups is 2. The number of piperazine rings is 1. The molecule has 0 unspecified atom stereocenters. The molecule has 2 bridgehead atoms. The van der Waals surface area contributed by atoms with E-state index < -0.39 is 11.9 Å². The normalized spacial score (nSPS) is 15.5. The maximum Gasteiger partial charge on any atom is 0.300 e. The molecule has 0 aromatic heterocycles. The van der Waals surface area contributed by atoms with Crippen LogP contribution in [0.1, 0.15) is 40.5 Å². The van der Waals surface area contributed by atoms with Crippen molar-refractivity contribution in [1.82, 2.24) is 10.6 Å². The zero-order chi connectivity index (χ0) is 18.8. The van der Waals surface area contributed by atoms with Crippen LogP contribution in [-0.4, -0.2) is 48.3 Å². The predicted molar refractivity (Wildman–Crippen MR) is 98.2 cm³/mol. The fourth-order valence-electron chi connectivity index (χ4n) is 1.61. The Labute approximate surface area is 145 Å². The monoisotopic (exact) mass is 340 g/mol. The molecule has 138 valence electrons. The van der Waals surface area contributed by atoms with Crippen molar-refractivity contribution in [1.29, 1.82) is 0 Å². The van der Waals surface area contributed by atoms with E-state index in [-0.39, 0.29) is 0 Å². The van der Waals surface area contributed by atoms with Crippen molar-refractivity contribution in [2.24, 2.45) is 0 Å². The molecule has 1 fully saturated rings. The molecule has 0 atom stereocenters. The lowest BCUT2D eigenvalue weighted by Gasteiger charge is -2.11. The van der Waals surface area contributed by atoms with Gasteiger partial charge in [0.2, 0.25) is 0 Å². The van der Waals surface area contributed by atoms with Gasteiger partial charge >= 0.3 is 0 Å². The highest BCUT2D eigenvalue weighted by Gasteiger charge is 2.07. The molecule has 3 rings (SSSR count). The van der Waals surface area contributed by atoms with Gasteiger partial charge in [-0.15, -0.1) is 0 Å². The number of hydrogen-bond acceptors (Lipinski definition) is 4. The summed E-state index contributed by atoms with van der Waals surface area (Å²) in [5, 5.41) is 21.3. The van der Waals surface area contributed by atoms with Crippen LogP contribution in [0.4, 0.5) is 0 Å². The van der Waals surface area contributed by atoms with Crippen molar-refractivity contribution >= 4 is 11.9 Å². The summed E-state index contributed by atoms with van der Waals surface area (Å²) in [5.74, 6) is -1.67. The smallest absolute Gasteiger partial charge is 0.300 e. The quantitative estimate of drug-likeness (QED) is 0.541. The second-order valence-corrected chi connectivity index (χ2v) is 5.24. The summed E-state index contributed by atoms with van der Waals surface area (Å²) < 4.78 is 0. The zero-order valence-electron chi connectivity index (χ0n) is 15.3. The fraction of sp³-hybridized carbons (Fsp3) is 0.556. The minimum Gasteiger partial charge on any atom is -0.481 e. The van der Waals surface area contributed by atoms with Crippen LogP contribution in [0.25, 0.3) is 0 Å². The average molecular weight is 340 g/mol. The second kappa shape index (κ2) is 17.4. The van der Waals surface area contributed by atoms with Gasteiger partial charge in [0.15, 0.2) is 0 Å². The Morgan fingerprint density at radius 2 is 1.12 bits per heavy atom. The van der Waals surface area contributed by atoms with Crippen LogP contribution in [0.2, 0.25) is 0 Å². The van der Waals surface area contributed by atoms with Gasteiger partial charge < -0.3 is 20.8 Å². The SMILES string of the molecule is C1=CC2=CC=C1C2.C1CNCCN1.CC(=O)O.CC(=O)O.CCC. The van der Waals surface area contributed by atoms with E-state index in [0.29, 0.717) is 0 Å². The molecule has 0 aromatic rings. The van der Waals surface area contributed by atoms with Gasteiger partial charge in [-0.3, -0.25) is 9.59 Å². The fourth-order valence-corrected chi connectivity index (χ4v) is 1.61. The van der Waals surface area contributed by atoms with Crippen LogP contribution in [0.3, 0.4) is 0 Å². The second-order valence-electron chi connectivity index (χ2n) is 5.24. The molecule has 2 aliphatic carbocycles. The van der Waals surface area contributed by atoms with E-state index in [1.807, 2.05) is 0 Å². The summed E-state index contributed by atoms with van der Waals surface area (Å²) in [6.07, 6.45) is 11.1. The van der Waals surface area contributed by atoms with E-state index in [9.17, 15) is 0 Å². The number of fused-ring (bicyclic) bond motifs is 2. The standard InChI is InChI=1S/C7H6.C4H10N2.C3H8.2C2H4O2/c1-2-7-4-3-6(1)5-7;1-2-6-4-3-5-1;1-3-2;2*1-2(3)4/h1-4H,5H2;5-6H,1-4H2;3H2,1-2H3;2*1H3,(H,3,4). The molecule has 1 aliphatic heterocycles. The van der Waals surface area contributed by atoms with Crippen molar-refractivity contribution < 1.29 is 19.8 Å². The molecule has 3 aliphatic rings. The van der Waals surface area contributed by atoms with Crippen LogP contribution in [-0.2, 0) is 9.59 Å². The van der Waals surface area contributed by atoms with Gasteiger partial charge in [0, 0.05) is 40.0 Å². The number of nitrogens with one attached hydrogen (secondary N) is 2. The number of hydrogen-bond donors (Lipinski definition) is 4.